The molecular weight excluding hydrogens is 384 g/mol. The summed E-state index contributed by atoms with van der Waals surface area (Å²) in [5.41, 5.74) is 1.22. The summed E-state index contributed by atoms with van der Waals surface area (Å²) in [5.74, 6) is -0.176. The summed E-state index contributed by atoms with van der Waals surface area (Å²) in [6.07, 6.45) is 0. The highest BCUT2D eigenvalue weighted by Crippen LogP contribution is 2.25. The third-order valence-corrected chi connectivity index (χ3v) is 3.74. The number of hydrogen-bond acceptors (Lipinski definition) is 1. The number of rotatable bonds is 2. The highest BCUT2D eigenvalue weighted by molar-refractivity contribution is 14.1. The van der Waals surface area contributed by atoms with Gasteiger partial charge in [-0.15, -0.1) is 0 Å². The number of anilines is 1. The zero-order chi connectivity index (χ0) is 13.1. The van der Waals surface area contributed by atoms with E-state index in [0.29, 0.717) is 21.3 Å². The molecule has 2 rings (SSSR count). The van der Waals surface area contributed by atoms with Gasteiger partial charge in [-0.25, -0.2) is 0 Å². The SMILES string of the molecule is O=C(Nc1ccc(Cl)c(Cl)c1)c1ccc(I)cc1. The fourth-order valence-corrected chi connectivity index (χ4v) is 2.04. The molecule has 5 heteroatoms. The summed E-state index contributed by atoms with van der Waals surface area (Å²) in [7, 11) is 0. The van der Waals surface area contributed by atoms with E-state index in [1.807, 2.05) is 12.1 Å². The van der Waals surface area contributed by atoms with Crippen molar-refractivity contribution in [3.8, 4) is 0 Å². The molecule has 0 saturated heterocycles. The Hall–Kier alpha value is -0.780. The van der Waals surface area contributed by atoms with Gasteiger partial charge in [-0.3, -0.25) is 4.79 Å². The summed E-state index contributed by atoms with van der Waals surface area (Å²) in [6.45, 7) is 0. The third kappa shape index (κ3) is 3.37. The lowest BCUT2D eigenvalue weighted by Crippen LogP contribution is -2.11. The van der Waals surface area contributed by atoms with E-state index in [1.165, 1.54) is 0 Å². The van der Waals surface area contributed by atoms with Crippen molar-refractivity contribution in [2.45, 2.75) is 0 Å². The second-order valence-electron chi connectivity index (χ2n) is 3.59. The lowest BCUT2D eigenvalue weighted by atomic mass is 10.2. The van der Waals surface area contributed by atoms with E-state index in [-0.39, 0.29) is 5.91 Å². The molecular formula is C13H8Cl2INO. The Morgan fingerprint density at radius 3 is 2.28 bits per heavy atom. The van der Waals surface area contributed by atoms with E-state index in [1.54, 1.807) is 30.3 Å². The maximum atomic E-state index is 11.9. The van der Waals surface area contributed by atoms with Crippen LogP contribution in [-0.4, -0.2) is 5.91 Å². The normalized spacial score (nSPS) is 10.2. The number of hydrogen-bond donors (Lipinski definition) is 1. The number of carbonyl (C=O) groups is 1. The number of carbonyl (C=O) groups excluding carboxylic acids is 1. The van der Waals surface area contributed by atoms with Gasteiger partial charge in [-0.05, 0) is 65.1 Å². The van der Waals surface area contributed by atoms with Crippen LogP contribution in [0.25, 0.3) is 0 Å². The van der Waals surface area contributed by atoms with Gasteiger partial charge in [0.25, 0.3) is 5.91 Å². The Morgan fingerprint density at radius 2 is 1.67 bits per heavy atom. The third-order valence-electron chi connectivity index (χ3n) is 2.28. The number of nitrogens with one attached hydrogen (secondary N) is 1. The highest BCUT2D eigenvalue weighted by atomic mass is 127. The molecule has 1 amide bonds. The molecule has 0 radical (unpaired) electrons. The maximum Gasteiger partial charge on any atom is 0.255 e. The van der Waals surface area contributed by atoms with Gasteiger partial charge in [0.15, 0.2) is 0 Å². The zero-order valence-electron chi connectivity index (χ0n) is 9.08. The van der Waals surface area contributed by atoms with Crippen molar-refractivity contribution < 1.29 is 4.79 Å². The predicted octanol–water partition coefficient (Wildman–Crippen LogP) is 4.85. The molecule has 92 valence electrons. The minimum atomic E-state index is -0.176. The van der Waals surface area contributed by atoms with Crippen molar-refractivity contribution in [2.24, 2.45) is 0 Å². The Kier molecular flexibility index (Phi) is 4.48. The molecule has 0 spiro atoms. The van der Waals surface area contributed by atoms with Crippen LogP contribution in [0.3, 0.4) is 0 Å². The van der Waals surface area contributed by atoms with Gasteiger partial charge >= 0.3 is 0 Å². The van der Waals surface area contributed by atoms with Crippen molar-refractivity contribution in [1.29, 1.82) is 0 Å². The second-order valence-corrected chi connectivity index (χ2v) is 5.65. The summed E-state index contributed by atoms with van der Waals surface area (Å²) in [4.78, 5) is 11.9. The molecule has 0 aromatic heterocycles. The van der Waals surface area contributed by atoms with Gasteiger partial charge in [0, 0.05) is 14.8 Å². The van der Waals surface area contributed by atoms with Gasteiger partial charge in [-0.1, -0.05) is 23.2 Å². The minimum Gasteiger partial charge on any atom is -0.322 e. The molecule has 0 fully saturated rings. The van der Waals surface area contributed by atoms with E-state index in [4.69, 9.17) is 23.2 Å². The van der Waals surface area contributed by atoms with Crippen molar-refractivity contribution in [3.05, 3.63) is 61.6 Å². The van der Waals surface area contributed by atoms with Crippen molar-refractivity contribution in [1.82, 2.24) is 0 Å². The summed E-state index contributed by atoms with van der Waals surface area (Å²) >= 11 is 13.9. The van der Waals surface area contributed by atoms with Crippen LogP contribution in [0, 0.1) is 3.57 Å². The van der Waals surface area contributed by atoms with Gasteiger partial charge in [0.2, 0.25) is 0 Å². The Labute approximate surface area is 128 Å². The zero-order valence-corrected chi connectivity index (χ0v) is 12.8. The van der Waals surface area contributed by atoms with Crippen LogP contribution in [0.1, 0.15) is 10.4 Å². The van der Waals surface area contributed by atoms with Crippen LogP contribution in [-0.2, 0) is 0 Å². The molecule has 0 aliphatic carbocycles. The standard InChI is InChI=1S/C13H8Cl2INO/c14-11-6-5-10(7-12(11)15)17-13(18)8-1-3-9(16)4-2-8/h1-7H,(H,17,18). The molecule has 0 aliphatic heterocycles. The van der Waals surface area contributed by atoms with Gasteiger partial charge in [0.1, 0.15) is 0 Å². The van der Waals surface area contributed by atoms with Crippen molar-refractivity contribution >= 4 is 57.4 Å². The molecule has 0 saturated carbocycles. The summed E-state index contributed by atoms with van der Waals surface area (Å²) < 4.78 is 1.08. The first-order valence-corrected chi connectivity index (χ1v) is 6.92. The van der Waals surface area contributed by atoms with Crippen LogP contribution >= 0.6 is 45.8 Å². The molecule has 0 atom stereocenters. The Bertz CT molecular complexity index is 584. The number of benzene rings is 2. The van der Waals surface area contributed by atoms with Crippen molar-refractivity contribution in [2.75, 3.05) is 5.32 Å². The summed E-state index contributed by atoms with van der Waals surface area (Å²) in [6, 6.07) is 12.3. The van der Waals surface area contributed by atoms with Crippen LogP contribution < -0.4 is 5.32 Å². The van der Waals surface area contributed by atoms with E-state index < -0.39 is 0 Å². The topological polar surface area (TPSA) is 29.1 Å². The van der Waals surface area contributed by atoms with Crippen molar-refractivity contribution in [3.63, 3.8) is 0 Å². The lowest BCUT2D eigenvalue weighted by Gasteiger charge is -2.06. The van der Waals surface area contributed by atoms with Crippen LogP contribution in [0.5, 0.6) is 0 Å². The van der Waals surface area contributed by atoms with E-state index in [0.717, 1.165) is 3.57 Å². The van der Waals surface area contributed by atoms with Gasteiger partial charge < -0.3 is 5.32 Å². The van der Waals surface area contributed by atoms with E-state index >= 15 is 0 Å². The van der Waals surface area contributed by atoms with E-state index in [2.05, 4.69) is 27.9 Å². The van der Waals surface area contributed by atoms with Crippen LogP contribution in [0.2, 0.25) is 10.0 Å². The fraction of sp³-hybridized carbons (Fsp3) is 0. The molecule has 1 N–H and O–H groups in total. The van der Waals surface area contributed by atoms with Gasteiger partial charge in [-0.2, -0.15) is 0 Å². The predicted molar refractivity (Wildman–Crippen MR) is 83.6 cm³/mol. The first-order chi connectivity index (χ1) is 8.56. The van der Waals surface area contributed by atoms with E-state index in [9.17, 15) is 4.79 Å². The number of amides is 1. The monoisotopic (exact) mass is 391 g/mol. The van der Waals surface area contributed by atoms with Crippen LogP contribution in [0.4, 0.5) is 5.69 Å². The minimum absolute atomic E-state index is 0.176. The highest BCUT2D eigenvalue weighted by Gasteiger charge is 2.07. The first-order valence-electron chi connectivity index (χ1n) is 5.08. The maximum absolute atomic E-state index is 11.9. The average molecular weight is 392 g/mol. The van der Waals surface area contributed by atoms with Gasteiger partial charge in [0.05, 0.1) is 10.0 Å². The average Bonchev–Trinajstić information content (AvgIpc) is 2.34. The quantitative estimate of drug-likeness (QED) is 0.728. The molecule has 0 aliphatic rings. The Balaban J connectivity index is 2.16. The molecule has 0 unspecified atom stereocenters. The lowest BCUT2D eigenvalue weighted by molar-refractivity contribution is 0.102. The molecule has 0 bridgehead atoms. The molecule has 2 nitrogen and oxygen atoms in total. The molecule has 18 heavy (non-hydrogen) atoms. The second kappa shape index (κ2) is 5.91. The smallest absolute Gasteiger partial charge is 0.255 e. The molecule has 2 aromatic carbocycles. The fourth-order valence-electron chi connectivity index (χ4n) is 1.38. The molecule has 0 heterocycles. The van der Waals surface area contributed by atoms with Crippen LogP contribution in [0.15, 0.2) is 42.5 Å². The summed E-state index contributed by atoms with van der Waals surface area (Å²) in [5, 5.41) is 3.64. The Morgan fingerprint density at radius 1 is 1.00 bits per heavy atom. The largest absolute Gasteiger partial charge is 0.322 e. The first kappa shape index (κ1) is 13.6. The number of halogens is 3. The molecule has 2 aromatic rings.